The largest absolute Gasteiger partial charge is 0.312 e. The highest BCUT2D eigenvalue weighted by molar-refractivity contribution is 7.92. The number of benzene rings is 2. The van der Waals surface area contributed by atoms with E-state index in [1.165, 1.54) is 12.1 Å². The number of nitro groups is 1. The molecule has 0 radical (unpaired) electrons. The van der Waals surface area contributed by atoms with Crippen molar-refractivity contribution in [3.63, 3.8) is 0 Å². The standard InChI is InChI=1S/C19H19N3O5S/c23-19(13-3-4-13)21-11-1-2-14-12-15(5-10-18(14)21)20-28(26,27)17-8-6-16(7-9-17)22(24)25/h5-10,12-13,20H,1-4,11H2. The van der Waals surface area contributed by atoms with Crippen molar-refractivity contribution in [3.05, 3.63) is 58.1 Å². The summed E-state index contributed by atoms with van der Waals surface area (Å²) in [5.41, 5.74) is 2.01. The molecular formula is C19H19N3O5S. The summed E-state index contributed by atoms with van der Waals surface area (Å²) >= 11 is 0. The number of aryl methyl sites for hydroxylation is 1. The number of fused-ring (bicyclic) bond motifs is 1. The lowest BCUT2D eigenvalue weighted by atomic mass is 10.0. The molecule has 2 aromatic rings. The van der Waals surface area contributed by atoms with Crippen molar-refractivity contribution in [2.45, 2.75) is 30.6 Å². The van der Waals surface area contributed by atoms with Crippen molar-refractivity contribution in [2.75, 3.05) is 16.2 Å². The van der Waals surface area contributed by atoms with Gasteiger partial charge in [0.05, 0.1) is 9.82 Å². The molecule has 2 aliphatic rings. The van der Waals surface area contributed by atoms with Crippen molar-refractivity contribution in [2.24, 2.45) is 5.92 Å². The molecule has 0 bridgehead atoms. The normalized spacial score (nSPS) is 16.4. The Morgan fingerprint density at radius 3 is 2.50 bits per heavy atom. The Labute approximate surface area is 162 Å². The summed E-state index contributed by atoms with van der Waals surface area (Å²) < 4.78 is 27.7. The zero-order chi connectivity index (χ0) is 19.9. The number of anilines is 2. The minimum Gasteiger partial charge on any atom is -0.312 e. The molecule has 1 amide bonds. The van der Waals surface area contributed by atoms with Gasteiger partial charge in [0.1, 0.15) is 0 Å². The summed E-state index contributed by atoms with van der Waals surface area (Å²) in [5.74, 6) is 0.284. The van der Waals surface area contributed by atoms with Crippen LogP contribution in [-0.2, 0) is 21.2 Å². The predicted molar refractivity (Wildman–Crippen MR) is 104 cm³/mol. The van der Waals surface area contributed by atoms with E-state index in [0.29, 0.717) is 12.2 Å². The van der Waals surface area contributed by atoms with E-state index in [9.17, 15) is 23.3 Å². The lowest BCUT2D eigenvalue weighted by molar-refractivity contribution is -0.384. The number of non-ortho nitro benzene ring substituents is 1. The second-order valence-electron chi connectivity index (χ2n) is 7.07. The average molecular weight is 401 g/mol. The van der Waals surface area contributed by atoms with Crippen LogP contribution in [0.3, 0.4) is 0 Å². The van der Waals surface area contributed by atoms with Crippen LogP contribution in [0.15, 0.2) is 47.4 Å². The zero-order valence-electron chi connectivity index (χ0n) is 15.0. The Morgan fingerprint density at radius 1 is 1.14 bits per heavy atom. The molecular weight excluding hydrogens is 382 g/mol. The van der Waals surface area contributed by atoms with E-state index < -0.39 is 14.9 Å². The van der Waals surface area contributed by atoms with Crippen LogP contribution < -0.4 is 9.62 Å². The molecule has 1 N–H and O–H groups in total. The van der Waals surface area contributed by atoms with Crippen molar-refractivity contribution in [3.8, 4) is 0 Å². The van der Waals surface area contributed by atoms with Crippen molar-refractivity contribution >= 4 is 33.0 Å². The zero-order valence-corrected chi connectivity index (χ0v) is 15.8. The van der Waals surface area contributed by atoms with Gasteiger partial charge in [0.2, 0.25) is 5.91 Å². The van der Waals surface area contributed by atoms with Gasteiger partial charge in [-0.05, 0) is 61.6 Å². The highest BCUT2D eigenvalue weighted by Gasteiger charge is 2.35. The molecule has 9 heteroatoms. The Hall–Kier alpha value is -2.94. The summed E-state index contributed by atoms with van der Waals surface area (Å²) in [6.45, 7) is 0.691. The number of nitrogens with one attached hydrogen (secondary N) is 1. The number of sulfonamides is 1. The molecule has 1 heterocycles. The van der Waals surface area contributed by atoms with Crippen LogP contribution in [0.4, 0.5) is 17.1 Å². The molecule has 28 heavy (non-hydrogen) atoms. The predicted octanol–water partition coefficient (Wildman–Crippen LogP) is 3.08. The van der Waals surface area contributed by atoms with Gasteiger partial charge in [-0.1, -0.05) is 0 Å². The highest BCUT2D eigenvalue weighted by Crippen LogP contribution is 2.37. The second kappa shape index (κ2) is 6.90. The van der Waals surface area contributed by atoms with Crippen LogP contribution in [0, 0.1) is 16.0 Å². The number of hydrogen-bond acceptors (Lipinski definition) is 5. The lowest BCUT2D eigenvalue weighted by Crippen LogP contribution is -2.36. The van der Waals surface area contributed by atoms with Gasteiger partial charge in [-0.25, -0.2) is 8.42 Å². The first-order valence-corrected chi connectivity index (χ1v) is 10.5. The molecule has 0 unspecified atom stereocenters. The third-order valence-electron chi connectivity index (χ3n) is 5.00. The number of carbonyl (C=O) groups is 1. The van der Waals surface area contributed by atoms with E-state index in [1.54, 1.807) is 18.2 Å². The SMILES string of the molecule is O=C(C1CC1)N1CCCc2cc(NS(=O)(=O)c3ccc([N+](=O)[O-])cc3)ccc21. The Balaban J connectivity index is 1.56. The van der Waals surface area contributed by atoms with Gasteiger partial charge in [0.15, 0.2) is 0 Å². The Bertz CT molecular complexity index is 1050. The second-order valence-corrected chi connectivity index (χ2v) is 8.75. The molecule has 0 atom stereocenters. The summed E-state index contributed by atoms with van der Waals surface area (Å²) in [6, 6.07) is 9.89. The first-order chi connectivity index (χ1) is 13.3. The monoisotopic (exact) mass is 401 g/mol. The average Bonchev–Trinajstić information content (AvgIpc) is 3.52. The Morgan fingerprint density at radius 2 is 1.86 bits per heavy atom. The number of hydrogen-bond donors (Lipinski definition) is 1. The fourth-order valence-corrected chi connectivity index (χ4v) is 4.45. The minimum absolute atomic E-state index is 0.0543. The van der Waals surface area contributed by atoms with Crippen LogP contribution in [0.5, 0.6) is 0 Å². The molecule has 146 valence electrons. The van der Waals surface area contributed by atoms with Gasteiger partial charge in [0, 0.05) is 36.0 Å². The molecule has 0 aromatic heterocycles. The maximum atomic E-state index is 12.6. The van der Waals surface area contributed by atoms with Crippen LogP contribution >= 0.6 is 0 Å². The smallest absolute Gasteiger partial charge is 0.269 e. The molecule has 1 aliphatic heterocycles. The Kier molecular flexibility index (Phi) is 4.54. The summed E-state index contributed by atoms with van der Waals surface area (Å²) in [5, 5.41) is 10.7. The van der Waals surface area contributed by atoms with Gasteiger partial charge in [-0.3, -0.25) is 19.6 Å². The third kappa shape index (κ3) is 3.57. The van der Waals surface area contributed by atoms with Gasteiger partial charge in [-0.2, -0.15) is 0 Å². The number of rotatable bonds is 5. The maximum Gasteiger partial charge on any atom is 0.269 e. The summed E-state index contributed by atoms with van der Waals surface area (Å²) in [4.78, 5) is 24.4. The van der Waals surface area contributed by atoms with E-state index >= 15 is 0 Å². The van der Waals surface area contributed by atoms with Gasteiger partial charge < -0.3 is 4.90 Å². The van der Waals surface area contributed by atoms with Crippen molar-refractivity contribution in [1.29, 1.82) is 0 Å². The molecule has 0 saturated heterocycles. The third-order valence-corrected chi connectivity index (χ3v) is 6.40. The van der Waals surface area contributed by atoms with E-state index in [4.69, 9.17) is 0 Å². The molecule has 1 aliphatic carbocycles. The van der Waals surface area contributed by atoms with Crippen LogP contribution in [-0.4, -0.2) is 25.8 Å². The fourth-order valence-electron chi connectivity index (χ4n) is 3.40. The number of carbonyl (C=O) groups excluding carboxylic acids is 1. The molecule has 8 nitrogen and oxygen atoms in total. The fraction of sp³-hybridized carbons (Fsp3) is 0.316. The number of nitro benzene ring substituents is 1. The number of nitrogens with zero attached hydrogens (tertiary/aromatic N) is 2. The maximum absolute atomic E-state index is 12.6. The van der Waals surface area contributed by atoms with Gasteiger partial charge >= 0.3 is 0 Å². The molecule has 0 spiro atoms. The topological polar surface area (TPSA) is 110 Å². The van der Waals surface area contributed by atoms with E-state index in [2.05, 4.69) is 4.72 Å². The molecule has 1 saturated carbocycles. The minimum atomic E-state index is -3.87. The highest BCUT2D eigenvalue weighted by atomic mass is 32.2. The molecule has 4 rings (SSSR count). The molecule has 1 fully saturated rings. The summed E-state index contributed by atoms with van der Waals surface area (Å²) in [6.07, 6.45) is 3.50. The van der Waals surface area contributed by atoms with Crippen LogP contribution in [0.25, 0.3) is 0 Å². The van der Waals surface area contributed by atoms with E-state index in [1.807, 2.05) is 4.90 Å². The van der Waals surface area contributed by atoms with E-state index in [0.717, 1.165) is 49.1 Å². The number of amides is 1. The van der Waals surface area contributed by atoms with Crippen LogP contribution in [0.1, 0.15) is 24.8 Å². The molecule has 2 aromatic carbocycles. The van der Waals surface area contributed by atoms with Gasteiger partial charge in [0.25, 0.3) is 15.7 Å². The van der Waals surface area contributed by atoms with Crippen molar-refractivity contribution < 1.29 is 18.1 Å². The summed E-state index contributed by atoms with van der Waals surface area (Å²) in [7, 11) is -3.87. The van der Waals surface area contributed by atoms with Crippen LogP contribution in [0.2, 0.25) is 0 Å². The van der Waals surface area contributed by atoms with Gasteiger partial charge in [-0.15, -0.1) is 0 Å². The van der Waals surface area contributed by atoms with Crippen molar-refractivity contribution in [1.82, 2.24) is 0 Å². The first-order valence-electron chi connectivity index (χ1n) is 9.07. The lowest BCUT2D eigenvalue weighted by Gasteiger charge is -2.30. The quantitative estimate of drug-likeness (QED) is 0.612. The first kappa shape index (κ1) is 18.4. The van der Waals surface area contributed by atoms with E-state index in [-0.39, 0.29) is 22.4 Å².